The fourth-order valence-electron chi connectivity index (χ4n) is 1.62. The van der Waals surface area contributed by atoms with Crippen LogP contribution in [0, 0.1) is 6.92 Å². The molecule has 2 aromatic rings. The van der Waals surface area contributed by atoms with Gasteiger partial charge >= 0.3 is 0 Å². The van der Waals surface area contributed by atoms with Gasteiger partial charge in [-0.05, 0) is 48.9 Å². The minimum absolute atomic E-state index is 0.438. The molecule has 0 aliphatic carbocycles. The second kappa shape index (κ2) is 6.02. The number of carbonyl (C=O) groups excluding carboxylic acids is 1. The lowest BCUT2D eigenvalue weighted by atomic mass is 10.2. The highest BCUT2D eigenvalue weighted by Gasteiger charge is 2.01. The number of amides is 1. The molecular formula is C15H15NO3. The number of aliphatic hydroxyl groups excluding tert-OH is 1. The average molecular weight is 257 g/mol. The monoisotopic (exact) mass is 257 g/mol. The molecule has 0 aliphatic heterocycles. The van der Waals surface area contributed by atoms with E-state index in [-0.39, 0.29) is 0 Å². The molecule has 0 saturated heterocycles. The summed E-state index contributed by atoms with van der Waals surface area (Å²) in [5.41, 5.74) is 1.75. The second-order valence-corrected chi connectivity index (χ2v) is 4.15. The lowest BCUT2D eigenvalue weighted by Gasteiger charge is -2.08. The largest absolute Gasteiger partial charge is 0.457 e. The Kier molecular flexibility index (Phi) is 4.15. The van der Waals surface area contributed by atoms with E-state index in [0.717, 1.165) is 11.3 Å². The number of rotatable bonds is 4. The first-order valence-electron chi connectivity index (χ1n) is 5.92. The predicted octanol–water partition coefficient (Wildman–Crippen LogP) is 2.72. The van der Waals surface area contributed by atoms with Crippen LogP contribution in [-0.4, -0.2) is 17.6 Å². The summed E-state index contributed by atoms with van der Waals surface area (Å²) in [6.07, 6.45) is 0. The zero-order valence-corrected chi connectivity index (χ0v) is 10.6. The molecule has 0 spiro atoms. The van der Waals surface area contributed by atoms with Crippen molar-refractivity contribution in [3.05, 3.63) is 54.1 Å². The van der Waals surface area contributed by atoms with Crippen LogP contribution in [0.1, 0.15) is 5.56 Å². The first-order chi connectivity index (χ1) is 9.17. The molecule has 1 amide bonds. The molecule has 19 heavy (non-hydrogen) atoms. The molecule has 2 aromatic carbocycles. The van der Waals surface area contributed by atoms with E-state index < -0.39 is 12.5 Å². The SMILES string of the molecule is Cc1cccc(Oc2ccc(NC(=O)CO)cc2)c1. The van der Waals surface area contributed by atoms with E-state index in [9.17, 15) is 4.79 Å². The van der Waals surface area contributed by atoms with Crippen molar-refractivity contribution in [1.82, 2.24) is 0 Å². The van der Waals surface area contributed by atoms with E-state index in [2.05, 4.69) is 5.32 Å². The highest BCUT2D eigenvalue weighted by atomic mass is 16.5. The van der Waals surface area contributed by atoms with Crippen molar-refractivity contribution in [2.75, 3.05) is 11.9 Å². The van der Waals surface area contributed by atoms with Gasteiger partial charge in [-0.2, -0.15) is 0 Å². The Balaban J connectivity index is 2.04. The third-order valence-corrected chi connectivity index (χ3v) is 2.51. The van der Waals surface area contributed by atoms with Crippen LogP contribution in [0.3, 0.4) is 0 Å². The van der Waals surface area contributed by atoms with Gasteiger partial charge in [0.25, 0.3) is 0 Å². The minimum Gasteiger partial charge on any atom is -0.457 e. The van der Waals surface area contributed by atoms with E-state index >= 15 is 0 Å². The molecule has 0 fully saturated rings. The van der Waals surface area contributed by atoms with Crippen LogP contribution < -0.4 is 10.1 Å². The Labute approximate surface area is 111 Å². The van der Waals surface area contributed by atoms with E-state index in [4.69, 9.17) is 9.84 Å². The number of aryl methyl sites for hydroxylation is 1. The molecule has 0 unspecified atom stereocenters. The molecule has 0 radical (unpaired) electrons. The molecule has 0 atom stereocenters. The number of anilines is 1. The number of aliphatic hydroxyl groups is 1. The number of benzene rings is 2. The van der Waals surface area contributed by atoms with Crippen LogP contribution in [0.25, 0.3) is 0 Å². The van der Waals surface area contributed by atoms with Crippen molar-refractivity contribution in [2.24, 2.45) is 0 Å². The Hall–Kier alpha value is -2.33. The standard InChI is InChI=1S/C15H15NO3/c1-11-3-2-4-14(9-11)19-13-7-5-12(6-8-13)16-15(18)10-17/h2-9,17H,10H2,1H3,(H,16,18). The van der Waals surface area contributed by atoms with Crippen molar-refractivity contribution in [3.63, 3.8) is 0 Å². The van der Waals surface area contributed by atoms with Gasteiger partial charge in [-0.25, -0.2) is 0 Å². The lowest BCUT2D eigenvalue weighted by molar-refractivity contribution is -0.118. The van der Waals surface area contributed by atoms with Gasteiger partial charge in [0.15, 0.2) is 0 Å². The summed E-state index contributed by atoms with van der Waals surface area (Å²) in [7, 11) is 0. The van der Waals surface area contributed by atoms with Gasteiger partial charge in [-0.3, -0.25) is 4.79 Å². The molecule has 2 rings (SSSR count). The van der Waals surface area contributed by atoms with Crippen molar-refractivity contribution >= 4 is 11.6 Å². The summed E-state index contributed by atoms with van der Waals surface area (Å²) in [6, 6.07) is 14.7. The Bertz CT molecular complexity index is 564. The third kappa shape index (κ3) is 3.82. The van der Waals surface area contributed by atoms with Crippen LogP contribution in [0.15, 0.2) is 48.5 Å². The fourth-order valence-corrected chi connectivity index (χ4v) is 1.62. The molecule has 2 N–H and O–H groups in total. The Morgan fingerprint density at radius 2 is 1.89 bits per heavy atom. The van der Waals surface area contributed by atoms with Gasteiger partial charge in [0.1, 0.15) is 18.1 Å². The molecule has 4 nitrogen and oxygen atoms in total. The number of hydrogen-bond donors (Lipinski definition) is 2. The average Bonchev–Trinajstić information content (AvgIpc) is 2.41. The molecular weight excluding hydrogens is 242 g/mol. The van der Waals surface area contributed by atoms with Crippen molar-refractivity contribution in [2.45, 2.75) is 6.92 Å². The van der Waals surface area contributed by atoms with E-state index in [1.807, 2.05) is 31.2 Å². The van der Waals surface area contributed by atoms with Crippen molar-refractivity contribution in [3.8, 4) is 11.5 Å². The molecule has 0 aromatic heterocycles. The quantitative estimate of drug-likeness (QED) is 0.885. The minimum atomic E-state index is -0.526. The maximum atomic E-state index is 11.0. The highest BCUT2D eigenvalue weighted by molar-refractivity contribution is 5.91. The van der Waals surface area contributed by atoms with Crippen LogP contribution in [0.2, 0.25) is 0 Å². The summed E-state index contributed by atoms with van der Waals surface area (Å²) in [5, 5.41) is 11.2. The van der Waals surface area contributed by atoms with Crippen LogP contribution in [0.4, 0.5) is 5.69 Å². The summed E-state index contributed by atoms with van der Waals surface area (Å²) in [4.78, 5) is 11.0. The molecule has 0 aliphatic rings. The third-order valence-electron chi connectivity index (χ3n) is 2.51. The molecule has 0 heterocycles. The topological polar surface area (TPSA) is 58.6 Å². The maximum Gasteiger partial charge on any atom is 0.250 e. The molecule has 4 heteroatoms. The van der Waals surface area contributed by atoms with Gasteiger partial charge in [0.05, 0.1) is 0 Å². The Morgan fingerprint density at radius 1 is 1.16 bits per heavy atom. The van der Waals surface area contributed by atoms with Gasteiger partial charge in [-0.1, -0.05) is 12.1 Å². The fraction of sp³-hybridized carbons (Fsp3) is 0.133. The molecule has 0 saturated carbocycles. The van der Waals surface area contributed by atoms with E-state index in [1.165, 1.54) is 0 Å². The Morgan fingerprint density at radius 3 is 2.53 bits per heavy atom. The zero-order valence-electron chi connectivity index (χ0n) is 10.6. The number of nitrogens with one attached hydrogen (secondary N) is 1. The summed E-state index contributed by atoms with van der Waals surface area (Å²) in [5.74, 6) is 1.02. The second-order valence-electron chi connectivity index (χ2n) is 4.15. The molecule has 0 bridgehead atoms. The number of ether oxygens (including phenoxy) is 1. The maximum absolute atomic E-state index is 11.0. The summed E-state index contributed by atoms with van der Waals surface area (Å²) in [6.45, 7) is 1.47. The predicted molar refractivity (Wildman–Crippen MR) is 73.4 cm³/mol. The first kappa shape index (κ1) is 13.1. The van der Waals surface area contributed by atoms with Crippen LogP contribution in [-0.2, 0) is 4.79 Å². The van der Waals surface area contributed by atoms with Gasteiger partial charge in [0, 0.05) is 5.69 Å². The summed E-state index contributed by atoms with van der Waals surface area (Å²) < 4.78 is 5.68. The van der Waals surface area contributed by atoms with Gasteiger partial charge < -0.3 is 15.2 Å². The van der Waals surface area contributed by atoms with Gasteiger partial charge in [-0.15, -0.1) is 0 Å². The smallest absolute Gasteiger partial charge is 0.250 e. The summed E-state index contributed by atoms with van der Waals surface area (Å²) >= 11 is 0. The lowest BCUT2D eigenvalue weighted by Crippen LogP contribution is -2.15. The van der Waals surface area contributed by atoms with Crippen molar-refractivity contribution < 1.29 is 14.6 Å². The van der Waals surface area contributed by atoms with E-state index in [0.29, 0.717) is 11.4 Å². The van der Waals surface area contributed by atoms with Crippen molar-refractivity contribution in [1.29, 1.82) is 0 Å². The number of hydrogen-bond acceptors (Lipinski definition) is 3. The normalized spacial score (nSPS) is 10.0. The first-order valence-corrected chi connectivity index (χ1v) is 5.92. The number of carbonyl (C=O) groups is 1. The van der Waals surface area contributed by atoms with Crippen LogP contribution >= 0.6 is 0 Å². The molecule has 98 valence electrons. The highest BCUT2D eigenvalue weighted by Crippen LogP contribution is 2.23. The zero-order chi connectivity index (χ0) is 13.7. The van der Waals surface area contributed by atoms with Crippen LogP contribution in [0.5, 0.6) is 11.5 Å². The van der Waals surface area contributed by atoms with Gasteiger partial charge in [0.2, 0.25) is 5.91 Å². The van der Waals surface area contributed by atoms with E-state index in [1.54, 1.807) is 24.3 Å².